The van der Waals surface area contributed by atoms with Crippen LogP contribution in [-0.4, -0.2) is 172 Å². The molecule has 0 bridgehead atoms. The number of halogens is 9. The van der Waals surface area contributed by atoms with Crippen LogP contribution in [-0.2, 0) is 37.7 Å². The van der Waals surface area contributed by atoms with E-state index in [4.69, 9.17) is 81.7 Å². The molecule has 4 aliphatic rings. The number of methoxy groups -OCH3 is 4. The quantitative estimate of drug-likeness (QED) is 0.0595. The molecule has 12 heterocycles. The number of rotatable bonds is 13. The van der Waals surface area contributed by atoms with Crippen molar-refractivity contribution in [3.63, 3.8) is 0 Å². The molecule has 0 unspecified atom stereocenters. The number of carbonyl (C=O) groups is 2. The van der Waals surface area contributed by atoms with Gasteiger partial charge in [-0.3, -0.25) is 23.5 Å². The number of benzene rings is 8. The number of allylic oxidation sites excluding steroid dienone is 1. The zero-order valence-corrected chi connectivity index (χ0v) is 79.0. The lowest BCUT2D eigenvalue weighted by Gasteiger charge is -2.36. The van der Waals surface area contributed by atoms with Gasteiger partial charge in [0.05, 0.1) is 72.0 Å². The molecule has 24 nitrogen and oxygen atoms in total. The number of hydrogen-bond donors (Lipinski definition) is 0. The highest BCUT2D eigenvalue weighted by atomic mass is 35.5. The summed E-state index contributed by atoms with van der Waals surface area (Å²) in [5, 5.41) is 28.8. The number of anilines is 4. The van der Waals surface area contributed by atoms with E-state index in [1.54, 1.807) is 94.8 Å². The second-order valence-electron chi connectivity index (χ2n) is 32.4. The Bertz CT molecular complexity index is 6730. The fourth-order valence-electron chi connectivity index (χ4n) is 16.9. The minimum absolute atomic E-state index is 0.248. The van der Waals surface area contributed by atoms with Gasteiger partial charge in [0, 0.05) is 194 Å². The molecule has 0 saturated carbocycles. The molecule has 0 radical (unpaired) electrons. The van der Waals surface area contributed by atoms with Crippen LogP contribution in [0.15, 0.2) is 110 Å². The smallest absolute Gasteiger partial charge is 0.410 e. The van der Waals surface area contributed by atoms with E-state index in [-0.39, 0.29) is 22.2 Å². The molecule has 0 aliphatic carbocycles. The molecule has 1 amide bonds. The van der Waals surface area contributed by atoms with Crippen molar-refractivity contribution in [2.24, 2.45) is 28.2 Å². The van der Waals surface area contributed by atoms with E-state index in [2.05, 4.69) is 64.1 Å². The first kappa shape index (κ1) is 90.8. The predicted octanol–water partition coefficient (Wildman–Crippen LogP) is 23.6. The lowest BCUT2D eigenvalue weighted by Crippen LogP contribution is -2.50. The molecule has 8 aromatic carbocycles. The normalized spacial score (nSPS) is 14.5. The van der Waals surface area contributed by atoms with Gasteiger partial charge in [-0.25, -0.2) is 22.4 Å². The van der Waals surface area contributed by atoms with Crippen molar-refractivity contribution < 1.29 is 50.8 Å². The summed E-state index contributed by atoms with van der Waals surface area (Å²) >= 11 is 36.7. The molecule has 0 atom stereocenters. The van der Waals surface area contributed by atoms with E-state index in [1.165, 1.54) is 65.4 Å². The average molecular weight is 1920 g/mol. The Hall–Kier alpha value is -10.6. The second-order valence-corrected chi connectivity index (χ2v) is 37.4. The summed E-state index contributed by atoms with van der Waals surface area (Å²) in [6, 6.07) is 21.9. The maximum Gasteiger partial charge on any atom is 0.410 e. The van der Waals surface area contributed by atoms with Crippen molar-refractivity contribution in [1.82, 2.24) is 61.5 Å². The van der Waals surface area contributed by atoms with E-state index in [1.807, 2.05) is 104 Å². The summed E-state index contributed by atoms with van der Waals surface area (Å²) in [6.45, 7) is 16.7. The fraction of sp³-hybridized carbons (Fsp3) is 0.341. The van der Waals surface area contributed by atoms with Crippen molar-refractivity contribution in [2.75, 3.05) is 113 Å². The Kier molecular flexibility index (Phi) is 27.1. The van der Waals surface area contributed by atoms with Gasteiger partial charge in [0.1, 0.15) is 81.7 Å². The summed E-state index contributed by atoms with van der Waals surface area (Å²) in [5.74, 6) is 0.767. The first-order valence-electron chi connectivity index (χ1n) is 41.5. The van der Waals surface area contributed by atoms with Crippen LogP contribution in [0.1, 0.15) is 78.6 Å². The van der Waals surface area contributed by atoms with Gasteiger partial charge >= 0.3 is 6.09 Å². The highest BCUT2D eigenvalue weighted by Gasteiger charge is 2.33. The number of amides is 1. The van der Waals surface area contributed by atoms with Crippen molar-refractivity contribution in [2.45, 2.75) is 84.2 Å². The summed E-state index contributed by atoms with van der Waals surface area (Å²) in [5.41, 5.74) is 7.43. The van der Waals surface area contributed by atoms with Crippen molar-refractivity contribution in [3.05, 3.63) is 154 Å². The maximum absolute atomic E-state index is 16.0. The maximum atomic E-state index is 16.0. The molecule has 0 N–H and O–H groups in total. The number of aryl methyl sites for hydroxylation is 4. The molecular formula is C91H90Cl5F4N17O7S4. The summed E-state index contributed by atoms with van der Waals surface area (Å²) in [4.78, 5) is 32.6. The van der Waals surface area contributed by atoms with Gasteiger partial charge in [-0.1, -0.05) is 53.0 Å². The van der Waals surface area contributed by atoms with Crippen molar-refractivity contribution in [1.29, 1.82) is 0 Å². The van der Waals surface area contributed by atoms with Crippen LogP contribution < -0.4 is 38.5 Å². The van der Waals surface area contributed by atoms with Gasteiger partial charge in [0.15, 0.2) is 23.3 Å². The largest absolute Gasteiger partial charge is 0.497 e. The molecule has 0 spiro atoms. The molecule has 16 aromatic rings. The monoisotopic (exact) mass is 1910 g/mol. The van der Waals surface area contributed by atoms with Crippen molar-refractivity contribution in [3.8, 4) is 67.5 Å². The van der Waals surface area contributed by atoms with Crippen LogP contribution in [0.4, 0.5) is 42.4 Å². The molecule has 4 saturated heterocycles. The number of carbonyl (C=O) groups excluding carboxylic acids is 2. The number of hydrogen-bond acceptors (Lipinski definition) is 23. The standard InChI is InChI=1S/C25H27ClFN5O3S.3C21H20ClFN4OS.C3H3ClO/c1-25(2,3)35-24(33)32-8-6-31(7-9-32)23-17-12-18(26)19(20(27)22(17)29-36-23)16-11-15(34-5)10-14-13-30(4)28-21(14)16;2*1-26-20-12(11-24-26)8-13(28-2)9-14(20)17-16(22)10-15-19(18(17)23)25-29-21(15)27-6-4-3-5-7-27;1-26-11-12-8-13(28-2)9-14(19(12)24-26)17-16(22)10-15-20(18(17)23)25-29-21(15)27-6-4-3-5-7-27;1-2-3(4)5/h10-13H,6-9H2,1-5H3;3*8-11H,3-7H2,1-2H3;2H,1H2. The van der Waals surface area contributed by atoms with Crippen LogP contribution in [0.3, 0.4) is 0 Å². The Morgan fingerprint density at radius 1 is 0.406 bits per heavy atom. The number of piperidine rings is 3. The van der Waals surface area contributed by atoms with E-state index in [0.717, 1.165) is 153 Å². The molecule has 8 aromatic heterocycles. The van der Waals surface area contributed by atoms with Crippen LogP contribution in [0, 0.1) is 23.3 Å². The Balaban J connectivity index is 0.000000123. The van der Waals surface area contributed by atoms with Gasteiger partial charge in [0.2, 0.25) is 5.24 Å². The molecule has 668 valence electrons. The average Bonchev–Trinajstić information content (AvgIpc) is 1.52. The van der Waals surface area contributed by atoms with E-state index < -0.39 is 34.1 Å². The number of piperazine rings is 1. The summed E-state index contributed by atoms with van der Waals surface area (Å²) in [6.07, 6.45) is 18.5. The third-order valence-corrected chi connectivity index (χ3v) is 28.0. The lowest BCUT2D eigenvalue weighted by atomic mass is 10.00. The van der Waals surface area contributed by atoms with Gasteiger partial charge in [-0.2, -0.15) is 37.9 Å². The van der Waals surface area contributed by atoms with Gasteiger partial charge < -0.3 is 48.2 Å². The molecule has 4 aliphatic heterocycles. The molecular weight excluding hydrogens is 1820 g/mol. The van der Waals surface area contributed by atoms with Crippen LogP contribution in [0.5, 0.6) is 23.0 Å². The van der Waals surface area contributed by atoms with E-state index >= 15 is 17.6 Å². The van der Waals surface area contributed by atoms with Crippen LogP contribution >= 0.6 is 104 Å². The fourth-order valence-corrected chi connectivity index (χ4v) is 21.7. The third-order valence-electron chi connectivity index (χ3n) is 22.9. The highest BCUT2D eigenvalue weighted by molar-refractivity contribution is 7.13. The number of nitrogens with zero attached hydrogens (tertiary/aromatic N) is 17. The van der Waals surface area contributed by atoms with Gasteiger partial charge in [0.25, 0.3) is 0 Å². The SMILES string of the molecule is C=CC(=O)Cl.COc1cc(-c2c(Cl)cc3c(N4CCCCC4)snc3c2F)c2c(cnn2C)c1.COc1cc(-c2c(Cl)cc3c(N4CCCCC4)snc3c2F)c2c(cnn2C)c1.COc1cc(-c2c(Cl)cc3c(N4CCCCC4)snc3c2F)c2nn(C)cc2c1.COc1cc(-c2c(Cl)cc3c(N4CCN(C(=O)OC(C)(C)C)CC4)snc3c2F)c2nn(C)cc2c1. The highest BCUT2D eigenvalue weighted by Crippen LogP contribution is 2.50. The van der Waals surface area contributed by atoms with Crippen LogP contribution in [0.25, 0.3) is 132 Å². The summed E-state index contributed by atoms with van der Waals surface area (Å²) < 4.78 is 115. The summed E-state index contributed by atoms with van der Waals surface area (Å²) in [7, 11) is 13.7. The Morgan fingerprint density at radius 3 is 0.977 bits per heavy atom. The molecule has 20 rings (SSSR count). The van der Waals surface area contributed by atoms with E-state index in [0.29, 0.717) is 136 Å². The minimum atomic E-state index is -0.544. The molecule has 128 heavy (non-hydrogen) atoms. The van der Waals surface area contributed by atoms with Crippen LogP contribution in [0.2, 0.25) is 20.1 Å². The predicted molar refractivity (Wildman–Crippen MR) is 513 cm³/mol. The lowest BCUT2D eigenvalue weighted by molar-refractivity contribution is -0.107. The third kappa shape index (κ3) is 18.2. The first-order chi connectivity index (χ1) is 61.5. The number of ether oxygens (including phenoxy) is 5. The van der Waals surface area contributed by atoms with Crippen molar-refractivity contribution >= 4 is 223 Å². The second kappa shape index (κ2) is 38.2. The molecule has 37 heteroatoms. The number of fused-ring (bicyclic) bond motifs is 8. The van der Waals surface area contributed by atoms with Gasteiger partial charge in [-0.05, 0) is 215 Å². The van der Waals surface area contributed by atoms with E-state index in [9.17, 15) is 9.59 Å². The Morgan fingerprint density at radius 2 is 0.688 bits per heavy atom. The number of aromatic nitrogens is 12. The minimum Gasteiger partial charge on any atom is -0.497 e. The zero-order valence-electron chi connectivity index (χ0n) is 72.0. The zero-order chi connectivity index (χ0) is 90.4. The Labute approximate surface area is 776 Å². The topological polar surface area (TPSA) is 219 Å². The first-order valence-corrected chi connectivity index (χ1v) is 46.5. The van der Waals surface area contributed by atoms with Gasteiger partial charge in [-0.15, -0.1) is 0 Å². The molecule has 4 fully saturated rings.